The van der Waals surface area contributed by atoms with E-state index in [1.165, 1.54) is 11.1 Å². The molecule has 1 aromatic rings. The van der Waals surface area contributed by atoms with E-state index in [1.807, 2.05) is 0 Å². The Bertz CT molecular complexity index is 543. The minimum Gasteiger partial charge on any atom is -0.468 e. The first-order valence-electron chi connectivity index (χ1n) is 6.80. The molecule has 2 bridgehead atoms. The number of fused-ring (bicyclic) bond motifs is 4. The van der Waals surface area contributed by atoms with Crippen molar-refractivity contribution in [1.82, 2.24) is 10.2 Å². The molecule has 2 aliphatic rings. The first-order chi connectivity index (χ1) is 8.90. The Kier molecular flexibility index (Phi) is 2.75. The lowest BCUT2D eigenvalue weighted by Crippen LogP contribution is -2.66. The highest BCUT2D eigenvalue weighted by molar-refractivity contribution is 7.80. The van der Waals surface area contributed by atoms with Gasteiger partial charge in [0, 0.05) is 18.0 Å². The van der Waals surface area contributed by atoms with Gasteiger partial charge in [0.1, 0.15) is 5.75 Å². The molecule has 1 fully saturated rings. The van der Waals surface area contributed by atoms with Gasteiger partial charge < -0.3 is 15.0 Å². The second-order valence-electron chi connectivity index (χ2n) is 5.99. The third-order valence-electron chi connectivity index (χ3n) is 4.00. The average molecular weight is 276 g/mol. The molecule has 2 unspecified atom stereocenters. The molecular formula is C15H20N2OS. The smallest absolute Gasteiger partial charge is 0.184 e. The van der Waals surface area contributed by atoms with Gasteiger partial charge in [-0.05, 0) is 46.0 Å². The Balaban J connectivity index is 2.08. The van der Waals surface area contributed by atoms with E-state index < -0.39 is 0 Å². The predicted molar refractivity (Wildman–Crippen MR) is 80.3 cm³/mol. The number of hydrogen-bond donors (Lipinski definition) is 1. The van der Waals surface area contributed by atoms with Crippen molar-refractivity contribution in [2.24, 2.45) is 0 Å². The Morgan fingerprint density at radius 2 is 2.21 bits per heavy atom. The van der Waals surface area contributed by atoms with Gasteiger partial charge in [-0.2, -0.15) is 0 Å². The van der Waals surface area contributed by atoms with E-state index in [-0.39, 0.29) is 11.8 Å². The first-order valence-corrected chi connectivity index (χ1v) is 7.21. The Hall–Kier alpha value is -1.29. The molecule has 2 heterocycles. The number of hydrogen-bond acceptors (Lipinski definition) is 2. The summed E-state index contributed by atoms with van der Waals surface area (Å²) in [6.45, 7) is 8.53. The molecule has 1 saturated heterocycles. The lowest BCUT2D eigenvalue weighted by Gasteiger charge is -2.53. The zero-order chi connectivity index (χ0) is 13.8. The van der Waals surface area contributed by atoms with Crippen molar-refractivity contribution >= 4 is 17.3 Å². The minimum atomic E-state index is -0.344. The lowest BCUT2D eigenvalue weighted by atomic mass is 9.89. The van der Waals surface area contributed by atoms with Crippen LogP contribution in [0.15, 0.2) is 18.2 Å². The van der Waals surface area contributed by atoms with Crippen LogP contribution in [-0.2, 0) is 0 Å². The van der Waals surface area contributed by atoms with E-state index in [4.69, 9.17) is 17.0 Å². The van der Waals surface area contributed by atoms with Crippen molar-refractivity contribution in [3.8, 4) is 5.75 Å². The molecule has 0 radical (unpaired) electrons. The summed E-state index contributed by atoms with van der Waals surface area (Å²) < 4.78 is 6.29. The number of rotatable bonds is 1. The fourth-order valence-electron chi connectivity index (χ4n) is 3.29. The topological polar surface area (TPSA) is 24.5 Å². The van der Waals surface area contributed by atoms with Crippen LogP contribution in [0.25, 0.3) is 0 Å². The molecule has 1 aromatic carbocycles. The third kappa shape index (κ3) is 1.89. The molecule has 0 amide bonds. The van der Waals surface area contributed by atoms with Crippen LogP contribution in [0, 0.1) is 6.92 Å². The number of aryl methyl sites for hydroxylation is 1. The molecule has 2 aliphatic heterocycles. The molecule has 2 atom stereocenters. The van der Waals surface area contributed by atoms with Crippen molar-refractivity contribution in [3.63, 3.8) is 0 Å². The van der Waals surface area contributed by atoms with Gasteiger partial charge in [0.2, 0.25) is 0 Å². The van der Waals surface area contributed by atoms with Gasteiger partial charge in [0.15, 0.2) is 10.8 Å². The van der Waals surface area contributed by atoms with Crippen molar-refractivity contribution < 1.29 is 4.74 Å². The molecule has 3 nitrogen and oxygen atoms in total. The molecular weight excluding hydrogens is 256 g/mol. The van der Waals surface area contributed by atoms with Gasteiger partial charge >= 0.3 is 0 Å². The Morgan fingerprint density at radius 1 is 1.47 bits per heavy atom. The monoisotopic (exact) mass is 276 g/mol. The molecule has 19 heavy (non-hydrogen) atoms. The van der Waals surface area contributed by atoms with Crippen LogP contribution in [0.5, 0.6) is 5.75 Å². The van der Waals surface area contributed by atoms with E-state index in [2.05, 4.69) is 56.1 Å². The van der Waals surface area contributed by atoms with Gasteiger partial charge in [-0.1, -0.05) is 17.7 Å². The zero-order valence-electron chi connectivity index (χ0n) is 11.9. The summed E-state index contributed by atoms with van der Waals surface area (Å²) in [6.07, 6.45) is 0.918. The van der Waals surface area contributed by atoms with Crippen LogP contribution < -0.4 is 10.1 Å². The van der Waals surface area contributed by atoms with Crippen LogP contribution in [0.4, 0.5) is 0 Å². The molecule has 1 N–H and O–H groups in total. The van der Waals surface area contributed by atoms with E-state index >= 15 is 0 Å². The summed E-state index contributed by atoms with van der Waals surface area (Å²) in [6, 6.07) is 6.94. The second-order valence-corrected chi connectivity index (χ2v) is 6.38. The third-order valence-corrected chi connectivity index (χ3v) is 4.31. The maximum absolute atomic E-state index is 6.29. The molecule has 0 aromatic heterocycles. The van der Waals surface area contributed by atoms with Crippen molar-refractivity contribution in [3.05, 3.63) is 29.3 Å². The fraction of sp³-hybridized carbons (Fsp3) is 0.533. The first kappa shape index (κ1) is 12.7. The number of ether oxygens (including phenoxy) is 1. The average Bonchev–Trinajstić information content (AvgIpc) is 2.28. The van der Waals surface area contributed by atoms with Crippen LogP contribution >= 0.6 is 12.2 Å². The maximum Gasteiger partial charge on any atom is 0.184 e. The summed E-state index contributed by atoms with van der Waals surface area (Å²) >= 11 is 5.53. The highest BCUT2D eigenvalue weighted by Crippen LogP contribution is 2.44. The summed E-state index contributed by atoms with van der Waals surface area (Å²) in [5.74, 6) is 0.977. The quantitative estimate of drug-likeness (QED) is 0.797. The molecule has 4 heteroatoms. The largest absolute Gasteiger partial charge is 0.468 e. The second kappa shape index (κ2) is 4.10. The fourth-order valence-corrected chi connectivity index (χ4v) is 3.84. The SMILES string of the molecule is Cc1ccc2c(c1)C1CC(C)(O2)N(C(C)C)C(=S)N1. The minimum absolute atomic E-state index is 0.260. The van der Waals surface area contributed by atoms with Gasteiger partial charge in [-0.15, -0.1) is 0 Å². The molecule has 0 aliphatic carbocycles. The predicted octanol–water partition coefficient (Wildman–Crippen LogP) is 3.13. The highest BCUT2D eigenvalue weighted by atomic mass is 32.1. The van der Waals surface area contributed by atoms with Crippen molar-refractivity contribution in [1.29, 1.82) is 0 Å². The van der Waals surface area contributed by atoms with Gasteiger partial charge in [-0.25, -0.2) is 0 Å². The maximum atomic E-state index is 6.29. The van der Waals surface area contributed by atoms with Crippen LogP contribution in [0.1, 0.15) is 44.4 Å². The number of thiocarbonyl (C=S) groups is 1. The summed E-state index contributed by atoms with van der Waals surface area (Å²) in [4.78, 5) is 2.17. The van der Waals surface area contributed by atoms with Gasteiger partial charge in [-0.3, -0.25) is 0 Å². The Labute approximate surface area is 119 Å². The number of nitrogens with zero attached hydrogens (tertiary/aromatic N) is 1. The zero-order valence-corrected chi connectivity index (χ0v) is 12.7. The molecule has 0 saturated carbocycles. The van der Waals surface area contributed by atoms with Crippen molar-refractivity contribution in [2.75, 3.05) is 0 Å². The van der Waals surface area contributed by atoms with Gasteiger partial charge in [0.25, 0.3) is 0 Å². The van der Waals surface area contributed by atoms with Crippen LogP contribution in [0.2, 0.25) is 0 Å². The number of benzene rings is 1. The molecule has 102 valence electrons. The molecule has 0 spiro atoms. The van der Waals surface area contributed by atoms with E-state index in [0.29, 0.717) is 6.04 Å². The standard InChI is InChI=1S/C15H20N2OS/c1-9(2)17-14(19)16-12-8-15(17,4)18-13-6-5-10(3)7-11(12)13/h5-7,9,12H,8H2,1-4H3,(H,16,19). The van der Waals surface area contributed by atoms with Gasteiger partial charge in [0.05, 0.1) is 6.04 Å². The van der Waals surface area contributed by atoms with Crippen LogP contribution in [-0.4, -0.2) is 21.8 Å². The Morgan fingerprint density at radius 3 is 2.89 bits per heavy atom. The van der Waals surface area contributed by atoms with Crippen molar-refractivity contribution in [2.45, 2.75) is 51.9 Å². The molecule has 3 rings (SSSR count). The summed E-state index contributed by atoms with van der Waals surface area (Å²) in [5, 5.41) is 4.26. The number of nitrogens with one attached hydrogen (secondary N) is 1. The summed E-state index contributed by atoms with van der Waals surface area (Å²) in [5.41, 5.74) is 2.14. The van der Waals surface area contributed by atoms with Crippen LogP contribution in [0.3, 0.4) is 0 Å². The normalized spacial score (nSPS) is 28.8. The lowest BCUT2D eigenvalue weighted by molar-refractivity contribution is -0.0808. The van der Waals surface area contributed by atoms with E-state index in [9.17, 15) is 0 Å². The van der Waals surface area contributed by atoms with E-state index in [1.54, 1.807) is 0 Å². The highest BCUT2D eigenvalue weighted by Gasteiger charge is 2.48. The summed E-state index contributed by atoms with van der Waals surface area (Å²) in [7, 11) is 0. The van der Waals surface area contributed by atoms with E-state index in [0.717, 1.165) is 17.3 Å².